The van der Waals surface area contributed by atoms with Gasteiger partial charge in [0.2, 0.25) is 5.91 Å². The summed E-state index contributed by atoms with van der Waals surface area (Å²) in [4.78, 5) is 15.3. The van der Waals surface area contributed by atoms with Gasteiger partial charge < -0.3 is 16.0 Å². The monoisotopic (exact) mass is 194 g/mol. The lowest BCUT2D eigenvalue weighted by Crippen LogP contribution is -2.41. The Morgan fingerprint density at radius 2 is 2.43 bits per heavy atom. The molecule has 5 heteroatoms. The summed E-state index contributed by atoms with van der Waals surface area (Å²) in [5.74, 6) is 0.471. The number of likely N-dealkylation sites (N-methyl/N-ethyl adjacent to an activating group) is 1. The molecule has 1 aliphatic heterocycles. The van der Waals surface area contributed by atoms with Gasteiger partial charge in [0.15, 0.2) is 0 Å². The summed E-state index contributed by atoms with van der Waals surface area (Å²) in [6.45, 7) is 1.78. The van der Waals surface area contributed by atoms with Crippen molar-refractivity contribution < 1.29 is 4.79 Å². The molecular weight excluding hydrogens is 180 g/mol. The van der Waals surface area contributed by atoms with Crippen molar-refractivity contribution in [3.05, 3.63) is 24.3 Å². The quantitative estimate of drug-likeness (QED) is 0.578. The van der Waals surface area contributed by atoms with E-state index in [4.69, 9.17) is 0 Å². The van der Waals surface area contributed by atoms with Crippen LogP contribution < -0.4 is 16.0 Å². The van der Waals surface area contributed by atoms with Gasteiger partial charge in [-0.2, -0.15) is 0 Å². The van der Waals surface area contributed by atoms with Crippen LogP contribution in [0.15, 0.2) is 29.3 Å². The van der Waals surface area contributed by atoms with Crippen LogP contribution in [0.5, 0.6) is 0 Å². The largest absolute Gasteiger partial charge is 0.347 e. The van der Waals surface area contributed by atoms with Crippen molar-refractivity contribution in [3.63, 3.8) is 0 Å². The number of aliphatic imine (C=N–C) groups is 1. The number of carbonyl (C=O) groups is 1. The van der Waals surface area contributed by atoms with Crippen molar-refractivity contribution >= 4 is 12.1 Å². The Bertz CT molecular complexity index is 293. The van der Waals surface area contributed by atoms with E-state index in [-0.39, 0.29) is 11.9 Å². The van der Waals surface area contributed by atoms with Crippen molar-refractivity contribution in [1.29, 1.82) is 0 Å². The fourth-order valence-corrected chi connectivity index (χ4v) is 0.826. The highest BCUT2D eigenvalue weighted by molar-refractivity contribution is 5.83. The van der Waals surface area contributed by atoms with Gasteiger partial charge in [0.1, 0.15) is 5.82 Å². The van der Waals surface area contributed by atoms with Crippen LogP contribution in [0.25, 0.3) is 0 Å². The molecule has 0 aromatic rings. The molecule has 0 bridgehead atoms. The molecule has 1 amide bonds. The molecule has 1 atom stereocenters. The fourth-order valence-electron chi connectivity index (χ4n) is 0.826. The van der Waals surface area contributed by atoms with E-state index >= 15 is 0 Å². The summed E-state index contributed by atoms with van der Waals surface area (Å²) in [5, 5.41) is 8.43. The molecule has 3 N–H and O–H groups in total. The molecule has 0 fully saturated rings. The average Bonchev–Trinajstić information content (AvgIpc) is 2.45. The first-order valence-electron chi connectivity index (χ1n) is 4.37. The van der Waals surface area contributed by atoms with Crippen LogP contribution in [0.1, 0.15) is 6.92 Å². The van der Waals surface area contributed by atoms with Gasteiger partial charge in [-0.05, 0) is 20.0 Å². The third-order valence-electron chi connectivity index (χ3n) is 1.79. The Kier molecular flexibility index (Phi) is 3.87. The van der Waals surface area contributed by atoms with E-state index in [1.54, 1.807) is 38.7 Å². The molecular formula is C9H14N4O. The number of amides is 1. The lowest BCUT2D eigenvalue weighted by Gasteiger charge is -2.12. The van der Waals surface area contributed by atoms with Crippen LogP contribution in [0.3, 0.4) is 0 Å². The minimum Gasteiger partial charge on any atom is -0.347 e. The molecule has 1 aliphatic rings. The van der Waals surface area contributed by atoms with Gasteiger partial charge in [-0.15, -0.1) is 0 Å². The highest BCUT2D eigenvalue weighted by Crippen LogP contribution is 1.90. The van der Waals surface area contributed by atoms with E-state index in [2.05, 4.69) is 20.9 Å². The Balaban J connectivity index is 2.52. The SMILES string of the molecule is CNC(C)C(=O)NC1=CN=CC=CN1. The Labute approximate surface area is 83.0 Å². The van der Waals surface area contributed by atoms with Crippen molar-refractivity contribution in [3.8, 4) is 0 Å². The average molecular weight is 194 g/mol. The first-order valence-corrected chi connectivity index (χ1v) is 4.37. The van der Waals surface area contributed by atoms with Crippen molar-refractivity contribution in [2.45, 2.75) is 13.0 Å². The molecule has 14 heavy (non-hydrogen) atoms. The number of nitrogens with one attached hydrogen (secondary N) is 3. The summed E-state index contributed by atoms with van der Waals surface area (Å²) in [6, 6.07) is -0.228. The smallest absolute Gasteiger partial charge is 0.242 e. The maximum atomic E-state index is 11.4. The standard InChI is InChI=1S/C9H14N4O/c1-7(10-2)9(14)13-8-6-11-4-3-5-12-8/h3-7,10,12H,1-2H3,(H,13,14). The van der Waals surface area contributed by atoms with Gasteiger partial charge in [0, 0.05) is 12.4 Å². The molecule has 1 unspecified atom stereocenters. The van der Waals surface area contributed by atoms with Crippen LogP contribution in [0.2, 0.25) is 0 Å². The second-order valence-electron chi connectivity index (χ2n) is 2.84. The summed E-state index contributed by atoms with van der Waals surface area (Å²) >= 11 is 0. The van der Waals surface area contributed by atoms with Crippen LogP contribution in [0, 0.1) is 0 Å². The maximum absolute atomic E-state index is 11.4. The van der Waals surface area contributed by atoms with Gasteiger partial charge in [0.25, 0.3) is 0 Å². The minimum absolute atomic E-state index is 0.100. The van der Waals surface area contributed by atoms with E-state index in [1.807, 2.05) is 0 Å². The fraction of sp³-hybridized carbons (Fsp3) is 0.333. The molecule has 76 valence electrons. The predicted octanol–water partition coefficient (Wildman–Crippen LogP) is -0.303. The van der Waals surface area contributed by atoms with Crippen LogP contribution in [0.4, 0.5) is 0 Å². The molecule has 0 saturated carbocycles. The highest BCUT2D eigenvalue weighted by Gasteiger charge is 2.10. The van der Waals surface area contributed by atoms with Crippen LogP contribution >= 0.6 is 0 Å². The number of hydrogen-bond acceptors (Lipinski definition) is 4. The first kappa shape index (κ1) is 10.5. The van der Waals surface area contributed by atoms with Crippen molar-refractivity contribution in [2.24, 2.45) is 4.99 Å². The van der Waals surface area contributed by atoms with Crippen molar-refractivity contribution in [2.75, 3.05) is 7.05 Å². The first-order chi connectivity index (χ1) is 6.74. The zero-order chi connectivity index (χ0) is 10.4. The number of hydrogen-bond donors (Lipinski definition) is 3. The topological polar surface area (TPSA) is 65.5 Å². The summed E-state index contributed by atoms with van der Waals surface area (Å²) in [6.07, 6.45) is 6.64. The zero-order valence-electron chi connectivity index (χ0n) is 8.24. The highest BCUT2D eigenvalue weighted by atomic mass is 16.2. The summed E-state index contributed by atoms with van der Waals surface area (Å²) < 4.78 is 0. The molecule has 1 rings (SSSR count). The van der Waals surface area contributed by atoms with E-state index in [9.17, 15) is 4.79 Å². The molecule has 1 heterocycles. The third-order valence-corrected chi connectivity index (χ3v) is 1.79. The van der Waals surface area contributed by atoms with E-state index in [1.165, 1.54) is 0 Å². The van der Waals surface area contributed by atoms with Crippen molar-refractivity contribution in [1.82, 2.24) is 16.0 Å². The predicted molar refractivity (Wildman–Crippen MR) is 55.5 cm³/mol. The van der Waals surface area contributed by atoms with E-state index in [0.29, 0.717) is 5.82 Å². The van der Waals surface area contributed by atoms with E-state index < -0.39 is 0 Å². The molecule has 0 aromatic heterocycles. The van der Waals surface area contributed by atoms with Crippen LogP contribution in [-0.2, 0) is 4.79 Å². The lowest BCUT2D eigenvalue weighted by molar-refractivity contribution is -0.122. The Hall–Kier alpha value is -1.62. The second-order valence-corrected chi connectivity index (χ2v) is 2.84. The number of rotatable bonds is 3. The molecule has 0 radical (unpaired) electrons. The number of allylic oxidation sites excluding steroid dienone is 1. The van der Waals surface area contributed by atoms with Gasteiger partial charge in [-0.1, -0.05) is 0 Å². The summed E-state index contributed by atoms with van der Waals surface area (Å²) in [5.41, 5.74) is 0. The van der Waals surface area contributed by atoms with E-state index in [0.717, 1.165) is 0 Å². The van der Waals surface area contributed by atoms with Gasteiger partial charge >= 0.3 is 0 Å². The van der Waals surface area contributed by atoms with Gasteiger partial charge in [-0.25, -0.2) is 0 Å². The van der Waals surface area contributed by atoms with Crippen LogP contribution in [-0.4, -0.2) is 25.2 Å². The maximum Gasteiger partial charge on any atom is 0.242 e. The Morgan fingerprint density at radius 1 is 1.64 bits per heavy atom. The second kappa shape index (κ2) is 5.18. The lowest BCUT2D eigenvalue weighted by atomic mass is 10.3. The molecule has 5 nitrogen and oxygen atoms in total. The normalized spacial score (nSPS) is 16.6. The molecule has 0 spiro atoms. The number of carbonyl (C=O) groups excluding carboxylic acids is 1. The molecule has 0 saturated heterocycles. The van der Waals surface area contributed by atoms with Gasteiger partial charge in [0.05, 0.1) is 12.2 Å². The third kappa shape index (κ3) is 3.02. The van der Waals surface area contributed by atoms with Gasteiger partial charge in [-0.3, -0.25) is 9.79 Å². The zero-order valence-corrected chi connectivity index (χ0v) is 8.24. The molecule has 0 aliphatic carbocycles. The molecule has 0 aromatic carbocycles. The number of nitrogens with zero attached hydrogens (tertiary/aromatic N) is 1. The minimum atomic E-state index is -0.228. The summed E-state index contributed by atoms with van der Waals surface area (Å²) in [7, 11) is 1.73. The Morgan fingerprint density at radius 3 is 3.14 bits per heavy atom.